The standard InChI is InChI=1S/C23H41N3O4S/c1-20-17-22(24-14-11-9-7-5-4-6-8-10-12-16-27)25-18-21(20)31(28,29)26-15-13-23(2,19-26)30-3/h17-18,27H,4-16,19H2,1-3H3,(H,24,25). The second-order valence-corrected chi connectivity index (χ2v) is 10.8. The van der Waals surface area contributed by atoms with Crippen LogP contribution in [0.1, 0.15) is 76.7 Å². The second kappa shape index (κ2) is 12.7. The highest BCUT2D eigenvalue weighted by atomic mass is 32.2. The van der Waals surface area contributed by atoms with E-state index in [2.05, 4.69) is 10.3 Å². The van der Waals surface area contributed by atoms with Gasteiger partial charge in [-0.15, -0.1) is 0 Å². The topological polar surface area (TPSA) is 91.8 Å². The summed E-state index contributed by atoms with van der Waals surface area (Å²) >= 11 is 0. The lowest BCUT2D eigenvalue weighted by Gasteiger charge is -2.23. The predicted molar refractivity (Wildman–Crippen MR) is 125 cm³/mol. The summed E-state index contributed by atoms with van der Waals surface area (Å²) in [6.45, 7) is 5.76. The molecule has 7 nitrogen and oxygen atoms in total. The Kier molecular flexibility index (Phi) is 10.7. The molecular weight excluding hydrogens is 414 g/mol. The van der Waals surface area contributed by atoms with Gasteiger partial charge in [-0.05, 0) is 44.7 Å². The number of sulfonamides is 1. The van der Waals surface area contributed by atoms with Gasteiger partial charge in [-0.3, -0.25) is 0 Å². The quantitative estimate of drug-likeness (QED) is 0.387. The van der Waals surface area contributed by atoms with Gasteiger partial charge >= 0.3 is 0 Å². The van der Waals surface area contributed by atoms with E-state index in [9.17, 15) is 8.42 Å². The number of methoxy groups -OCH3 is 1. The number of unbranched alkanes of at least 4 members (excludes halogenated alkanes) is 8. The fourth-order valence-electron chi connectivity index (χ4n) is 4.00. The van der Waals surface area contributed by atoms with Crippen LogP contribution >= 0.6 is 0 Å². The van der Waals surface area contributed by atoms with Crippen molar-refractivity contribution in [2.75, 3.05) is 38.7 Å². The molecule has 2 N–H and O–H groups in total. The molecule has 0 bridgehead atoms. The fourth-order valence-corrected chi connectivity index (χ4v) is 5.71. The number of aliphatic hydroxyl groups is 1. The minimum Gasteiger partial charge on any atom is -0.396 e. The SMILES string of the molecule is COC1(C)CCN(S(=O)(=O)c2cnc(NCCCCCCCCCCCO)cc2C)C1. The summed E-state index contributed by atoms with van der Waals surface area (Å²) < 4.78 is 33.0. The van der Waals surface area contributed by atoms with Crippen LogP contribution in [0.2, 0.25) is 0 Å². The first-order valence-corrected chi connectivity index (χ1v) is 13.1. The van der Waals surface area contributed by atoms with Crippen molar-refractivity contribution >= 4 is 15.8 Å². The van der Waals surface area contributed by atoms with E-state index < -0.39 is 15.6 Å². The van der Waals surface area contributed by atoms with E-state index in [0.717, 1.165) is 31.6 Å². The first-order chi connectivity index (χ1) is 14.8. The molecule has 0 saturated carbocycles. The Labute approximate surface area is 188 Å². The third kappa shape index (κ3) is 8.00. The van der Waals surface area contributed by atoms with Crippen LogP contribution in [0.15, 0.2) is 17.2 Å². The van der Waals surface area contributed by atoms with E-state index in [0.29, 0.717) is 31.7 Å². The van der Waals surface area contributed by atoms with Crippen molar-refractivity contribution in [2.24, 2.45) is 0 Å². The van der Waals surface area contributed by atoms with E-state index in [1.165, 1.54) is 49.0 Å². The van der Waals surface area contributed by atoms with Crippen LogP contribution in [0, 0.1) is 6.92 Å². The minimum absolute atomic E-state index is 0.275. The predicted octanol–water partition coefficient (Wildman–Crippen LogP) is 4.10. The molecule has 1 atom stereocenters. The molecule has 0 radical (unpaired) electrons. The number of hydrogen-bond donors (Lipinski definition) is 2. The molecule has 2 heterocycles. The van der Waals surface area contributed by atoms with Crippen molar-refractivity contribution in [3.05, 3.63) is 17.8 Å². The molecule has 0 aromatic carbocycles. The maximum Gasteiger partial charge on any atom is 0.244 e. The number of aliphatic hydroxyl groups excluding tert-OH is 1. The molecule has 1 aromatic heterocycles. The summed E-state index contributed by atoms with van der Waals surface area (Å²) in [7, 11) is -1.93. The van der Waals surface area contributed by atoms with Crippen molar-refractivity contribution in [1.29, 1.82) is 0 Å². The molecule has 0 aliphatic carbocycles. The Morgan fingerprint density at radius 1 is 1.13 bits per heavy atom. The maximum absolute atomic E-state index is 13.0. The van der Waals surface area contributed by atoms with Gasteiger partial charge in [-0.1, -0.05) is 44.9 Å². The summed E-state index contributed by atoms with van der Waals surface area (Å²) in [5.74, 6) is 0.725. The van der Waals surface area contributed by atoms with Gasteiger partial charge in [0.05, 0.1) is 5.60 Å². The van der Waals surface area contributed by atoms with E-state index in [1.54, 1.807) is 7.11 Å². The summed E-state index contributed by atoms with van der Waals surface area (Å²) in [6.07, 6.45) is 12.8. The Morgan fingerprint density at radius 2 is 1.74 bits per heavy atom. The van der Waals surface area contributed by atoms with Crippen molar-refractivity contribution in [2.45, 2.75) is 88.6 Å². The molecule has 1 fully saturated rings. The number of nitrogens with zero attached hydrogens (tertiary/aromatic N) is 2. The Morgan fingerprint density at radius 3 is 2.29 bits per heavy atom. The van der Waals surface area contributed by atoms with Crippen LogP contribution in [-0.4, -0.2) is 61.8 Å². The number of rotatable bonds is 15. The maximum atomic E-state index is 13.0. The van der Waals surface area contributed by atoms with Crippen LogP contribution in [-0.2, 0) is 14.8 Å². The number of aromatic nitrogens is 1. The molecular formula is C23H41N3O4S. The Hall–Kier alpha value is -1.22. The summed E-state index contributed by atoms with van der Waals surface area (Å²) in [5.41, 5.74) is 0.292. The van der Waals surface area contributed by atoms with Gasteiger partial charge in [0.15, 0.2) is 0 Å². The summed E-state index contributed by atoms with van der Waals surface area (Å²) in [5, 5.41) is 12.1. The number of pyridine rings is 1. The molecule has 1 aliphatic rings. The molecule has 0 amide bonds. The molecule has 2 rings (SSSR count). The normalized spacial score (nSPS) is 19.7. The highest BCUT2D eigenvalue weighted by Crippen LogP contribution is 2.30. The third-order valence-corrected chi connectivity index (χ3v) is 8.19. The number of hydrogen-bond acceptors (Lipinski definition) is 6. The van der Waals surface area contributed by atoms with E-state index >= 15 is 0 Å². The molecule has 1 unspecified atom stereocenters. The van der Waals surface area contributed by atoms with Crippen LogP contribution < -0.4 is 5.32 Å². The van der Waals surface area contributed by atoms with Crippen molar-refractivity contribution in [3.63, 3.8) is 0 Å². The largest absolute Gasteiger partial charge is 0.396 e. The zero-order valence-corrected chi connectivity index (χ0v) is 20.3. The Bertz CT molecular complexity index is 772. The van der Waals surface area contributed by atoms with Crippen LogP contribution in [0.5, 0.6) is 0 Å². The molecule has 1 aliphatic heterocycles. The molecule has 31 heavy (non-hydrogen) atoms. The average Bonchev–Trinajstić information content (AvgIpc) is 3.15. The van der Waals surface area contributed by atoms with Gasteiger partial charge in [0.25, 0.3) is 0 Å². The first kappa shape index (κ1) is 26.0. The second-order valence-electron chi connectivity index (χ2n) is 8.91. The van der Waals surface area contributed by atoms with E-state index in [4.69, 9.17) is 9.84 Å². The lowest BCUT2D eigenvalue weighted by molar-refractivity contribution is 0.0199. The molecule has 178 valence electrons. The summed E-state index contributed by atoms with van der Waals surface area (Å²) in [6, 6.07) is 1.82. The van der Waals surface area contributed by atoms with Crippen molar-refractivity contribution < 1.29 is 18.3 Å². The van der Waals surface area contributed by atoms with Gasteiger partial charge < -0.3 is 15.2 Å². The molecule has 8 heteroatoms. The first-order valence-electron chi connectivity index (χ1n) is 11.7. The van der Waals surface area contributed by atoms with Gasteiger partial charge in [0.1, 0.15) is 10.7 Å². The molecule has 1 aromatic rings. The fraction of sp³-hybridized carbons (Fsp3) is 0.783. The lowest BCUT2D eigenvalue weighted by atomic mass is 10.1. The van der Waals surface area contributed by atoms with Gasteiger partial charge in [-0.2, -0.15) is 4.31 Å². The zero-order chi connectivity index (χ0) is 22.7. The summed E-state index contributed by atoms with van der Waals surface area (Å²) in [4.78, 5) is 4.63. The smallest absolute Gasteiger partial charge is 0.244 e. The van der Waals surface area contributed by atoms with Crippen LogP contribution in [0.25, 0.3) is 0 Å². The highest BCUT2D eigenvalue weighted by Gasteiger charge is 2.40. The number of ether oxygens (including phenoxy) is 1. The van der Waals surface area contributed by atoms with Crippen molar-refractivity contribution in [3.8, 4) is 0 Å². The Balaban J connectivity index is 1.72. The van der Waals surface area contributed by atoms with E-state index in [-0.39, 0.29) is 4.90 Å². The van der Waals surface area contributed by atoms with Crippen molar-refractivity contribution in [1.82, 2.24) is 9.29 Å². The number of aryl methyl sites for hydroxylation is 1. The van der Waals surface area contributed by atoms with Gasteiger partial charge in [0.2, 0.25) is 10.0 Å². The highest BCUT2D eigenvalue weighted by molar-refractivity contribution is 7.89. The van der Waals surface area contributed by atoms with Gasteiger partial charge in [-0.25, -0.2) is 13.4 Å². The zero-order valence-electron chi connectivity index (χ0n) is 19.5. The molecule has 0 spiro atoms. The monoisotopic (exact) mass is 455 g/mol. The minimum atomic E-state index is -3.56. The van der Waals surface area contributed by atoms with E-state index in [1.807, 2.05) is 19.9 Å². The average molecular weight is 456 g/mol. The molecule has 1 saturated heterocycles. The number of nitrogens with one attached hydrogen (secondary N) is 1. The van der Waals surface area contributed by atoms with Crippen LogP contribution in [0.3, 0.4) is 0 Å². The van der Waals surface area contributed by atoms with Crippen LogP contribution in [0.4, 0.5) is 5.82 Å². The third-order valence-electron chi connectivity index (χ3n) is 6.22. The lowest BCUT2D eigenvalue weighted by Crippen LogP contribution is -2.35. The van der Waals surface area contributed by atoms with Gasteiger partial charge in [0, 0.05) is 39.5 Å². The number of anilines is 1.